The molecular weight excluding hydrogens is 300 g/mol. The van der Waals surface area contributed by atoms with Crippen LogP contribution in [0.2, 0.25) is 0 Å². The molecule has 0 amide bonds. The molecule has 1 aliphatic carbocycles. The Hall–Kier alpha value is -2.13. The molecule has 0 atom stereocenters. The Morgan fingerprint density at radius 1 is 1.00 bits per heavy atom. The minimum atomic E-state index is 0.262. The number of Topliss-reactive ketones (excluding diaryl/α,β-unsaturated/α-hetero) is 1. The molecule has 0 bridgehead atoms. The average molecular weight is 324 g/mol. The van der Waals surface area contributed by atoms with Crippen molar-refractivity contribution in [2.24, 2.45) is 0 Å². The molecule has 0 fully saturated rings. The SMILES string of the molecule is CCOCCOc1cc(C)c(-c2cccc3c2CCC3=O)c(C)c1. The Balaban J connectivity index is 1.92. The maximum Gasteiger partial charge on any atom is 0.163 e. The van der Waals surface area contributed by atoms with Gasteiger partial charge in [-0.15, -0.1) is 0 Å². The number of benzene rings is 2. The molecule has 0 unspecified atom stereocenters. The van der Waals surface area contributed by atoms with Crippen LogP contribution in [0.5, 0.6) is 5.75 Å². The highest BCUT2D eigenvalue weighted by molar-refractivity contribution is 6.02. The van der Waals surface area contributed by atoms with Gasteiger partial charge in [-0.05, 0) is 67.1 Å². The molecule has 3 nitrogen and oxygen atoms in total. The van der Waals surface area contributed by atoms with Gasteiger partial charge in [0.1, 0.15) is 12.4 Å². The third kappa shape index (κ3) is 3.22. The molecule has 0 N–H and O–H groups in total. The van der Waals surface area contributed by atoms with Crippen molar-refractivity contribution in [3.63, 3.8) is 0 Å². The van der Waals surface area contributed by atoms with Gasteiger partial charge in [0.05, 0.1) is 6.61 Å². The van der Waals surface area contributed by atoms with Gasteiger partial charge in [-0.1, -0.05) is 18.2 Å². The molecule has 0 saturated heterocycles. The molecule has 24 heavy (non-hydrogen) atoms. The van der Waals surface area contributed by atoms with E-state index in [0.29, 0.717) is 26.2 Å². The lowest BCUT2D eigenvalue weighted by atomic mass is 9.90. The summed E-state index contributed by atoms with van der Waals surface area (Å²) < 4.78 is 11.1. The van der Waals surface area contributed by atoms with E-state index in [1.165, 1.54) is 27.8 Å². The largest absolute Gasteiger partial charge is 0.491 e. The second kappa shape index (κ2) is 7.18. The number of aryl methyl sites for hydroxylation is 2. The monoisotopic (exact) mass is 324 g/mol. The molecular formula is C21H24O3. The second-order valence-electron chi connectivity index (χ2n) is 6.23. The van der Waals surface area contributed by atoms with E-state index in [9.17, 15) is 4.79 Å². The molecule has 0 saturated carbocycles. The van der Waals surface area contributed by atoms with Gasteiger partial charge in [-0.2, -0.15) is 0 Å². The first-order valence-electron chi connectivity index (χ1n) is 8.59. The Labute approximate surface area is 143 Å². The first-order chi connectivity index (χ1) is 11.6. The predicted molar refractivity (Wildman–Crippen MR) is 96.0 cm³/mol. The molecule has 0 heterocycles. The minimum Gasteiger partial charge on any atom is -0.491 e. The third-order valence-corrected chi connectivity index (χ3v) is 4.55. The topological polar surface area (TPSA) is 35.5 Å². The van der Waals surface area contributed by atoms with E-state index in [2.05, 4.69) is 32.0 Å². The van der Waals surface area contributed by atoms with Gasteiger partial charge in [0.15, 0.2) is 5.78 Å². The van der Waals surface area contributed by atoms with Gasteiger partial charge < -0.3 is 9.47 Å². The summed E-state index contributed by atoms with van der Waals surface area (Å²) in [4.78, 5) is 12.0. The second-order valence-corrected chi connectivity index (χ2v) is 6.23. The molecule has 2 aromatic rings. The summed E-state index contributed by atoms with van der Waals surface area (Å²) in [7, 11) is 0. The van der Waals surface area contributed by atoms with Crippen LogP contribution in [0.15, 0.2) is 30.3 Å². The molecule has 3 heteroatoms. The summed E-state index contributed by atoms with van der Waals surface area (Å²) in [5.41, 5.74) is 6.85. The lowest BCUT2D eigenvalue weighted by Crippen LogP contribution is -2.06. The predicted octanol–water partition coefficient (Wildman–Crippen LogP) is 4.51. The highest BCUT2D eigenvalue weighted by atomic mass is 16.5. The van der Waals surface area contributed by atoms with Crippen LogP contribution in [-0.4, -0.2) is 25.6 Å². The van der Waals surface area contributed by atoms with Crippen molar-refractivity contribution < 1.29 is 14.3 Å². The first kappa shape index (κ1) is 16.7. The van der Waals surface area contributed by atoms with Crippen molar-refractivity contribution in [2.75, 3.05) is 19.8 Å². The van der Waals surface area contributed by atoms with Crippen LogP contribution < -0.4 is 4.74 Å². The van der Waals surface area contributed by atoms with Crippen LogP contribution in [0.3, 0.4) is 0 Å². The normalized spacial score (nSPS) is 13.2. The van der Waals surface area contributed by atoms with Crippen LogP contribution in [0.1, 0.15) is 40.4 Å². The van der Waals surface area contributed by atoms with Crippen molar-refractivity contribution in [3.8, 4) is 16.9 Å². The lowest BCUT2D eigenvalue weighted by molar-refractivity contribution is 0.0994. The molecule has 3 rings (SSSR count). The summed E-state index contributed by atoms with van der Waals surface area (Å²) in [6, 6.07) is 10.2. The van der Waals surface area contributed by atoms with E-state index >= 15 is 0 Å². The lowest BCUT2D eigenvalue weighted by Gasteiger charge is -2.16. The maximum absolute atomic E-state index is 12.0. The van der Waals surface area contributed by atoms with Crippen LogP contribution >= 0.6 is 0 Å². The molecule has 126 valence electrons. The van der Waals surface area contributed by atoms with E-state index in [0.717, 1.165) is 17.7 Å². The highest BCUT2D eigenvalue weighted by Gasteiger charge is 2.23. The zero-order chi connectivity index (χ0) is 17.1. The van der Waals surface area contributed by atoms with Crippen molar-refractivity contribution >= 4 is 5.78 Å². The molecule has 0 spiro atoms. The van der Waals surface area contributed by atoms with Crippen LogP contribution in [0.4, 0.5) is 0 Å². The van der Waals surface area contributed by atoms with Crippen molar-refractivity contribution in [1.82, 2.24) is 0 Å². The Morgan fingerprint density at radius 2 is 1.71 bits per heavy atom. The standard InChI is InChI=1S/C21H24O3/c1-4-23-10-11-24-16-12-14(2)21(15(3)13-16)19-7-5-6-18-17(19)8-9-20(18)22/h5-7,12-13H,4,8-11H2,1-3H3. The van der Waals surface area contributed by atoms with Gasteiger partial charge in [-0.25, -0.2) is 0 Å². The summed E-state index contributed by atoms with van der Waals surface area (Å²) in [5.74, 6) is 1.13. The highest BCUT2D eigenvalue weighted by Crippen LogP contribution is 2.37. The number of fused-ring (bicyclic) bond motifs is 1. The van der Waals surface area contributed by atoms with Gasteiger partial charge in [0, 0.05) is 18.6 Å². The summed E-state index contributed by atoms with van der Waals surface area (Å²) in [6.45, 7) is 8.05. The van der Waals surface area contributed by atoms with E-state index in [-0.39, 0.29) is 5.78 Å². The van der Waals surface area contributed by atoms with E-state index in [1.54, 1.807) is 0 Å². The number of carbonyl (C=O) groups excluding carboxylic acids is 1. The van der Waals surface area contributed by atoms with Gasteiger partial charge in [0.25, 0.3) is 0 Å². The van der Waals surface area contributed by atoms with E-state index in [4.69, 9.17) is 9.47 Å². The molecule has 0 aliphatic heterocycles. The van der Waals surface area contributed by atoms with E-state index in [1.807, 2.05) is 19.1 Å². The summed E-state index contributed by atoms with van der Waals surface area (Å²) in [5, 5.41) is 0. The zero-order valence-corrected chi connectivity index (χ0v) is 14.6. The van der Waals surface area contributed by atoms with Gasteiger partial charge in [-0.3, -0.25) is 4.79 Å². The number of rotatable bonds is 6. The van der Waals surface area contributed by atoms with Crippen LogP contribution in [0.25, 0.3) is 11.1 Å². The number of hydrogen-bond acceptors (Lipinski definition) is 3. The summed E-state index contributed by atoms with van der Waals surface area (Å²) in [6.07, 6.45) is 1.47. The zero-order valence-electron chi connectivity index (χ0n) is 14.6. The van der Waals surface area contributed by atoms with Gasteiger partial charge in [0.2, 0.25) is 0 Å². The number of carbonyl (C=O) groups is 1. The molecule has 2 aromatic carbocycles. The average Bonchev–Trinajstić information content (AvgIpc) is 2.93. The quantitative estimate of drug-likeness (QED) is 0.733. The van der Waals surface area contributed by atoms with E-state index < -0.39 is 0 Å². The molecule has 0 radical (unpaired) electrons. The van der Waals surface area contributed by atoms with Crippen LogP contribution in [0, 0.1) is 13.8 Å². The van der Waals surface area contributed by atoms with Crippen LogP contribution in [-0.2, 0) is 11.2 Å². The molecule has 1 aliphatic rings. The minimum absolute atomic E-state index is 0.262. The number of ether oxygens (including phenoxy) is 2. The Bertz CT molecular complexity index is 739. The fourth-order valence-electron chi connectivity index (χ4n) is 3.52. The summed E-state index contributed by atoms with van der Waals surface area (Å²) >= 11 is 0. The maximum atomic E-state index is 12.0. The Kier molecular flexibility index (Phi) is 5.00. The fraction of sp³-hybridized carbons (Fsp3) is 0.381. The Morgan fingerprint density at radius 3 is 2.42 bits per heavy atom. The van der Waals surface area contributed by atoms with Gasteiger partial charge >= 0.3 is 0 Å². The number of ketones is 1. The van der Waals surface area contributed by atoms with Crippen molar-refractivity contribution in [3.05, 3.63) is 52.6 Å². The third-order valence-electron chi connectivity index (χ3n) is 4.55. The van der Waals surface area contributed by atoms with Crippen molar-refractivity contribution in [2.45, 2.75) is 33.6 Å². The number of hydrogen-bond donors (Lipinski definition) is 0. The van der Waals surface area contributed by atoms with Crippen molar-refractivity contribution in [1.29, 1.82) is 0 Å². The smallest absolute Gasteiger partial charge is 0.163 e. The molecule has 0 aromatic heterocycles. The first-order valence-corrected chi connectivity index (χ1v) is 8.59. The fourth-order valence-corrected chi connectivity index (χ4v) is 3.52.